The highest BCUT2D eigenvalue weighted by atomic mass is 15.2. The summed E-state index contributed by atoms with van der Waals surface area (Å²) in [4.78, 5) is 12.8. The highest BCUT2D eigenvalue weighted by molar-refractivity contribution is 6.16. The van der Waals surface area contributed by atoms with E-state index in [4.69, 9.17) is 9.98 Å². The molecule has 1 atom stereocenters. The third kappa shape index (κ3) is 4.51. The fourth-order valence-electron chi connectivity index (χ4n) is 8.46. The number of nitrogens with one attached hydrogen (secondary N) is 1. The summed E-state index contributed by atoms with van der Waals surface area (Å²) in [6.07, 6.45) is -0.267. The molecular weight excluding hydrogens is 609 g/mol. The molecule has 1 N–H and O–H groups in total. The minimum Gasteiger partial charge on any atom is -0.344 e. The van der Waals surface area contributed by atoms with E-state index in [2.05, 4.69) is 178 Å². The maximum Gasteiger partial charge on any atom is 0.159 e. The smallest absolute Gasteiger partial charge is 0.159 e. The zero-order valence-corrected chi connectivity index (χ0v) is 29.2. The zero-order valence-electron chi connectivity index (χ0n) is 29.2. The molecule has 0 fully saturated rings. The summed E-state index contributed by atoms with van der Waals surface area (Å²) < 4.78 is 0. The molecule has 0 spiro atoms. The van der Waals surface area contributed by atoms with Crippen molar-refractivity contribution < 1.29 is 0 Å². The molecule has 1 aliphatic heterocycles. The number of fused-ring (bicyclic) bond motifs is 6. The lowest BCUT2D eigenvalue weighted by Gasteiger charge is -2.26. The second kappa shape index (κ2) is 11.1. The van der Waals surface area contributed by atoms with Gasteiger partial charge in [-0.2, -0.15) is 0 Å². The van der Waals surface area contributed by atoms with Crippen LogP contribution in [0.25, 0.3) is 22.3 Å². The number of rotatable bonds is 5. The summed E-state index contributed by atoms with van der Waals surface area (Å²) in [7, 11) is 2.16. The van der Waals surface area contributed by atoms with Crippen LogP contribution in [-0.2, 0) is 10.8 Å². The molecule has 1 heterocycles. The molecule has 0 saturated carbocycles. The number of benzene rings is 6. The monoisotopic (exact) mass is 648 g/mol. The molecule has 6 aromatic carbocycles. The van der Waals surface area contributed by atoms with E-state index in [-0.39, 0.29) is 17.0 Å². The summed E-state index contributed by atoms with van der Waals surface area (Å²) >= 11 is 0. The molecule has 50 heavy (non-hydrogen) atoms. The fraction of sp³-hybridized carbons (Fsp3) is 0.174. The number of amidine groups is 2. The summed E-state index contributed by atoms with van der Waals surface area (Å²) in [6.45, 7) is 9.30. The van der Waals surface area contributed by atoms with Crippen LogP contribution in [0.15, 0.2) is 150 Å². The zero-order chi connectivity index (χ0) is 34.2. The van der Waals surface area contributed by atoms with Gasteiger partial charge in [0.05, 0.1) is 0 Å². The number of nitrogens with zero attached hydrogens (tertiary/aromatic N) is 3. The van der Waals surface area contributed by atoms with E-state index in [1.54, 1.807) is 0 Å². The van der Waals surface area contributed by atoms with Crippen molar-refractivity contribution in [3.8, 4) is 22.3 Å². The first-order valence-electron chi connectivity index (χ1n) is 17.5. The van der Waals surface area contributed by atoms with E-state index in [0.29, 0.717) is 0 Å². The quantitative estimate of drug-likeness (QED) is 0.202. The molecular formula is C46H40N4. The Morgan fingerprint density at radius 3 is 1.76 bits per heavy atom. The number of anilines is 2. The van der Waals surface area contributed by atoms with E-state index >= 15 is 0 Å². The second-order valence-electron chi connectivity index (χ2n) is 14.7. The average Bonchev–Trinajstić information content (AvgIpc) is 3.55. The molecule has 0 amide bonds. The Morgan fingerprint density at radius 1 is 0.540 bits per heavy atom. The predicted molar refractivity (Wildman–Crippen MR) is 208 cm³/mol. The van der Waals surface area contributed by atoms with Gasteiger partial charge in [0.1, 0.15) is 12.0 Å². The van der Waals surface area contributed by atoms with Crippen LogP contribution in [0.5, 0.6) is 0 Å². The van der Waals surface area contributed by atoms with E-state index < -0.39 is 0 Å². The molecule has 0 radical (unpaired) electrons. The topological polar surface area (TPSA) is 40.0 Å². The number of hydrogen-bond donors (Lipinski definition) is 1. The molecule has 1 unspecified atom stereocenters. The van der Waals surface area contributed by atoms with Crippen LogP contribution in [0.2, 0.25) is 0 Å². The van der Waals surface area contributed by atoms with Crippen LogP contribution in [0.3, 0.4) is 0 Å². The molecule has 244 valence electrons. The third-order valence-corrected chi connectivity index (χ3v) is 11.2. The minimum absolute atomic E-state index is 0.0402. The maximum absolute atomic E-state index is 5.26. The van der Waals surface area contributed by atoms with Gasteiger partial charge >= 0.3 is 0 Å². The van der Waals surface area contributed by atoms with Crippen LogP contribution in [0, 0.1) is 0 Å². The summed E-state index contributed by atoms with van der Waals surface area (Å²) in [5, 5.41) is 3.72. The van der Waals surface area contributed by atoms with Crippen molar-refractivity contribution in [3.05, 3.63) is 178 Å². The molecule has 0 bridgehead atoms. The van der Waals surface area contributed by atoms with Gasteiger partial charge in [0.15, 0.2) is 5.84 Å². The molecule has 3 aliphatic rings. The van der Waals surface area contributed by atoms with Crippen LogP contribution < -0.4 is 10.2 Å². The Balaban J connectivity index is 1.12. The largest absolute Gasteiger partial charge is 0.344 e. The van der Waals surface area contributed by atoms with Crippen LogP contribution in [0.4, 0.5) is 11.4 Å². The lowest BCUT2D eigenvalue weighted by molar-refractivity contribution is 0.659. The molecule has 2 aliphatic carbocycles. The molecule has 0 aromatic heterocycles. The van der Waals surface area contributed by atoms with Gasteiger partial charge in [0.25, 0.3) is 0 Å². The van der Waals surface area contributed by atoms with Gasteiger partial charge in [0.2, 0.25) is 0 Å². The van der Waals surface area contributed by atoms with Gasteiger partial charge in [-0.15, -0.1) is 0 Å². The molecule has 6 aromatic rings. The van der Waals surface area contributed by atoms with Crippen molar-refractivity contribution in [2.45, 2.75) is 44.7 Å². The normalized spacial score (nSPS) is 17.4. The lowest BCUT2D eigenvalue weighted by Crippen LogP contribution is -2.34. The third-order valence-electron chi connectivity index (χ3n) is 11.2. The molecule has 4 nitrogen and oxygen atoms in total. The first-order chi connectivity index (χ1) is 24.2. The van der Waals surface area contributed by atoms with Crippen LogP contribution in [-0.4, -0.2) is 18.7 Å². The van der Waals surface area contributed by atoms with Gasteiger partial charge in [-0.1, -0.05) is 137 Å². The highest BCUT2D eigenvalue weighted by Crippen LogP contribution is 2.53. The van der Waals surface area contributed by atoms with Crippen molar-refractivity contribution >= 4 is 23.0 Å². The Hall–Kier alpha value is -5.74. The number of hydrogen-bond acceptors (Lipinski definition) is 4. The average molecular weight is 649 g/mol. The van der Waals surface area contributed by atoms with Crippen molar-refractivity contribution in [2.24, 2.45) is 9.98 Å². The van der Waals surface area contributed by atoms with Gasteiger partial charge in [-0.25, -0.2) is 9.98 Å². The predicted octanol–water partition coefficient (Wildman–Crippen LogP) is 10.6. The Morgan fingerprint density at radius 2 is 1.08 bits per heavy atom. The van der Waals surface area contributed by atoms with Crippen molar-refractivity contribution in [1.29, 1.82) is 0 Å². The lowest BCUT2D eigenvalue weighted by atomic mass is 9.82. The molecule has 9 rings (SSSR count). The summed E-state index contributed by atoms with van der Waals surface area (Å²) in [5.41, 5.74) is 16.0. The van der Waals surface area contributed by atoms with Crippen molar-refractivity contribution in [1.82, 2.24) is 5.32 Å². The fourth-order valence-corrected chi connectivity index (χ4v) is 8.46. The van der Waals surface area contributed by atoms with Gasteiger partial charge in [-0.05, 0) is 74.8 Å². The Labute approximate surface area is 294 Å². The van der Waals surface area contributed by atoms with Gasteiger partial charge < -0.3 is 10.2 Å². The standard InChI is InChI=1S/C46H40N4/c1-45(2)35-20-11-9-17-32(35)40-34(19-13-22-37(40)45)44-48-42(29-15-7-6-8-16-29)47-43(49-44)30-25-27-31(28-26-30)50(5)39-24-14-23-38-41(39)33-18-10-12-21-36(33)46(38,3)4/h6-28,42H,1-5H3,(H,47,48,49). The van der Waals surface area contributed by atoms with Crippen molar-refractivity contribution in [3.63, 3.8) is 0 Å². The summed E-state index contributed by atoms with van der Waals surface area (Å²) in [6, 6.07) is 50.1. The second-order valence-corrected chi connectivity index (χ2v) is 14.7. The van der Waals surface area contributed by atoms with Gasteiger partial charge in [0, 0.05) is 45.9 Å². The minimum atomic E-state index is -0.267. The van der Waals surface area contributed by atoms with E-state index in [1.807, 2.05) is 6.07 Å². The molecule has 4 heteroatoms. The highest BCUT2D eigenvalue weighted by Gasteiger charge is 2.39. The van der Waals surface area contributed by atoms with Gasteiger partial charge in [-0.3, -0.25) is 0 Å². The first-order valence-corrected chi connectivity index (χ1v) is 17.5. The SMILES string of the molecule is CN(c1ccc(C2=NC(c3ccccc3)NC(c3cccc4c3-c3ccccc3C4(C)C)=N2)cc1)c1cccc2c1-c1ccccc1C2(C)C. The first kappa shape index (κ1) is 30.3. The van der Waals surface area contributed by atoms with E-state index in [9.17, 15) is 0 Å². The number of aliphatic imine (C=N–C) groups is 2. The van der Waals surface area contributed by atoms with E-state index in [1.165, 1.54) is 50.2 Å². The maximum atomic E-state index is 5.26. The summed E-state index contributed by atoms with van der Waals surface area (Å²) in [5.74, 6) is 1.57. The van der Waals surface area contributed by atoms with Crippen LogP contribution >= 0.6 is 0 Å². The van der Waals surface area contributed by atoms with Crippen LogP contribution in [0.1, 0.15) is 72.8 Å². The van der Waals surface area contributed by atoms with Crippen molar-refractivity contribution in [2.75, 3.05) is 11.9 Å². The molecule has 0 saturated heterocycles. The van der Waals surface area contributed by atoms with E-state index in [0.717, 1.165) is 34.0 Å². The Bertz CT molecular complexity index is 2360. The Kier molecular flexibility index (Phi) is 6.76.